The van der Waals surface area contributed by atoms with E-state index in [4.69, 9.17) is 20.9 Å². The molecule has 146 valence electrons. The maximum atomic E-state index is 6.73. The van der Waals surface area contributed by atoms with E-state index in [0.717, 1.165) is 17.3 Å². The molecule has 4 atom stereocenters. The Kier molecular flexibility index (Phi) is 7.28. The van der Waals surface area contributed by atoms with Gasteiger partial charge in [-0.3, -0.25) is 0 Å². The molecule has 1 aliphatic rings. The van der Waals surface area contributed by atoms with Gasteiger partial charge in [0.25, 0.3) is 0 Å². The third-order valence-electron chi connectivity index (χ3n) is 5.55. The van der Waals surface area contributed by atoms with E-state index >= 15 is 0 Å². The van der Waals surface area contributed by atoms with Crippen molar-refractivity contribution in [1.29, 1.82) is 0 Å². The molecule has 0 amide bonds. The summed E-state index contributed by atoms with van der Waals surface area (Å²) in [4.78, 5) is 0. The lowest BCUT2D eigenvalue weighted by Crippen LogP contribution is -2.34. The Hall–Kier alpha value is -0.990. The van der Waals surface area contributed by atoms with Crippen LogP contribution in [0.4, 0.5) is 0 Å². The van der Waals surface area contributed by atoms with Crippen molar-refractivity contribution >= 4 is 23.6 Å². The second kappa shape index (κ2) is 9.47. The van der Waals surface area contributed by atoms with Gasteiger partial charge in [-0.1, -0.05) is 75.7 Å². The Labute approximate surface area is 169 Å². The molecule has 0 aliphatic heterocycles. The van der Waals surface area contributed by atoms with Gasteiger partial charge in [0.2, 0.25) is 6.49 Å². The van der Waals surface area contributed by atoms with Crippen LogP contribution in [0.25, 0.3) is 0 Å². The highest BCUT2D eigenvalue weighted by molar-refractivity contribution is 8.13. The van der Waals surface area contributed by atoms with Crippen LogP contribution in [-0.2, 0) is 27.5 Å². The van der Waals surface area contributed by atoms with E-state index in [1.807, 2.05) is 36.4 Å². The Morgan fingerprint density at radius 3 is 2.26 bits per heavy atom. The molecule has 2 aromatic rings. The summed E-state index contributed by atoms with van der Waals surface area (Å²) in [5.41, 5.74) is 1.13. The van der Waals surface area contributed by atoms with Crippen LogP contribution in [0.3, 0.4) is 0 Å². The summed E-state index contributed by atoms with van der Waals surface area (Å²) >= 11 is 6.09. The van der Waals surface area contributed by atoms with Crippen molar-refractivity contribution < 1.29 is 9.05 Å². The molecule has 27 heavy (non-hydrogen) atoms. The Morgan fingerprint density at radius 2 is 1.63 bits per heavy atom. The Morgan fingerprint density at radius 1 is 1.00 bits per heavy atom. The van der Waals surface area contributed by atoms with Gasteiger partial charge in [-0.25, -0.2) is 0 Å². The summed E-state index contributed by atoms with van der Waals surface area (Å²) in [6.07, 6.45) is 3.74. The molecule has 1 aliphatic carbocycles. The van der Waals surface area contributed by atoms with Crippen LogP contribution >= 0.6 is 6.49 Å². The molecule has 0 bridgehead atoms. The summed E-state index contributed by atoms with van der Waals surface area (Å²) in [5.74, 6) is 1.82. The van der Waals surface area contributed by atoms with Gasteiger partial charge in [0, 0.05) is 5.30 Å². The van der Waals surface area contributed by atoms with Gasteiger partial charge in [0.05, 0.1) is 12.7 Å². The Bertz CT molecular complexity index is 747. The third kappa shape index (κ3) is 5.51. The SMILES string of the molecule is CC1CCC(C(C)C)C(OP(=S)(OCc2ccccc2)c2ccccc2)C1. The lowest BCUT2D eigenvalue weighted by atomic mass is 9.75. The zero-order chi connectivity index (χ0) is 19.3. The van der Waals surface area contributed by atoms with Crippen molar-refractivity contribution in [2.24, 2.45) is 17.8 Å². The van der Waals surface area contributed by atoms with Crippen LogP contribution < -0.4 is 5.30 Å². The topological polar surface area (TPSA) is 18.5 Å². The van der Waals surface area contributed by atoms with E-state index in [9.17, 15) is 0 Å². The fourth-order valence-electron chi connectivity index (χ4n) is 3.92. The average molecular weight is 403 g/mol. The standard InChI is InChI=1S/C23H31O2PS/c1-18(2)22-15-14-19(3)16-23(22)25-26(27,21-12-8-5-9-13-21)24-17-20-10-6-4-7-11-20/h4-13,18-19,22-23H,14-17H2,1-3H3. The van der Waals surface area contributed by atoms with Crippen molar-refractivity contribution in [3.8, 4) is 0 Å². The molecule has 0 heterocycles. The summed E-state index contributed by atoms with van der Waals surface area (Å²) < 4.78 is 13.1. The van der Waals surface area contributed by atoms with Gasteiger partial charge in [-0.05, 0) is 60.1 Å². The quantitative estimate of drug-likeness (QED) is 0.505. The van der Waals surface area contributed by atoms with Gasteiger partial charge in [0.15, 0.2) is 0 Å². The number of hydrogen-bond donors (Lipinski definition) is 0. The molecule has 1 fully saturated rings. The fraction of sp³-hybridized carbons (Fsp3) is 0.478. The van der Waals surface area contributed by atoms with Crippen LogP contribution in [0.5, 0.6) is 0 Å². The largest absolute Gasteiger partial charge is 0.322 e. The first-order chi connectivity index (χ1) is 13.0. The summed E-state index contributed by atoms with van der Waals surface area (Å²) in [5, 5.41) is 1.01. The maximum absolute atomic E-state index is 6.73. The van der Waals surface area contributed by atoms with Crippen molar-refractivity contribution in [2.45, 2.75) is 52.7 Å². The van der Waals surface area contributed by atoms with Crippen LogP contribution in [-0.4, -0.2) is 6.10 Å². The smallest absolute Gasteiger partial charge is 0.220 e. The molecular weight excluding hydrogens is 371 g/mol. The molecule has 0 saturated heterocycles. The molecule has 4 unspecified atom stereocenters. The fourth-order valence-corrected chi connectivity index (χ4v) is 6.57. The van der Waals surface area contributed by atoms with E-state index in [1.165, 1.54) is 12.8 Å². The summed E-state index contributed by atoms with van der Waals surface area (Å²) in [6, 6.07) is 20.4. The van der Waals surface area contributed by atoms with Crippen LogP contribution in [0.15, 0.2) is 60.7 Å². The molecule has 0 aromatic heterocycles. The number of hydrogen-bond acceptors (Lipinski definition) is 3. The van der Waals surface area contributed by atoms with Gasteiger partial charge in [-0.2, -0.15) is 0 Å². The molecule has 0 spiro atoms. The average Bonchev–Trinajstić information content (AvgIpc) is 2.68. The van der Waals surface area contributed by atoms with E-state index in [2.05, 4.69) is 45.0 Å². The van der Waals surface area contributed by atoms with Gasteiger partial charge >= 0.3 is 0 Å². The molecule has 1 saturated carbocycles. The lowest BCUT2D eigenvalue weighted by molar-refractivity contribution is 0.0431. The van der Waals surface area contributed by atoms with Crippen molar-refractivity contribution in [3.05, 3.63) is 66.2 Å². The van der Waals surface area contributed by atoms with Gasteiger partial charge in [0.1, 0.15) is 0 Å². The second-order valence-electron chi connectivity index (χ2n) is 8.06. The molecular formula is C23H31O2PS. The first-order valence-corrected chi connectivity index (χ1v) is 12.6. The van der Waals surface area contributed by atoms with Crippen molar-refractivity contribution in [2.75, 3.05) is 0 Å². The summed E-state index contributed by atoms with van der Waals surface area (Å²) in [6.45, 7) is 4.83. The van der Waals surface area contributed by atoms with E-state index in [1.54, 1.807) is 0 Å². The highest BCUT2D eigenvalue weighted by atomic mass is 32.5. The van der Waals surface area contributed by atoms with Gasteiger partial charge < -0.3 is 9.05 Å². The highest BCUT2D eigenvalue weighted by Crippen LogP contribution is 2.53. The molecule has 2 aromatic carbocycles. The molecule has 3 rings (SSSR count). The van der Waals surface area contributed by atoms with Crippen LogP contribution in [0.1, 0.15) is 45.6 Å². The first-order valence-electron chi connectivity index (χ1n) is 10.0. The van der Waals surface area contributed by atoms with Crippen LogP contribution in [0.2, 0.25) is 0 Å². The number of rotatable bonds is 7. The molecule has 0 radical (unpaired) electrons. The minimum Gasteiger partial charge on any atom is -0.322 e. The third-order valence-corrected chi connectivity index (χ3v) is 8.71. The summed E-state index contributed by atoms with van der Waals surface area (Å²) in [7, 11) is 0. The minimum atomic E-state index is -2.58. The molecule has 0 N–H and O–H groups in total. The second-order valence-corrected chi connectivity index (χ2v) is 11.5. The molecule has 2 nitrogen and oxygen atoms in total. The first kappa shape index (κ1) is 20.7. The predicted octanol–water partition coefficient (Wildman–Crippen LogP) is 6.32. The van der Waals surface area contributed by atoms with Crippen LogP contribution in [0, 0.1) is 17.8 Å². The normalized spacial score (nSPS) is 25.3. The van der Waals surface area contributed by atoms with Gasteiger partial charge in [-0.15, -0.1) is 0 Å². The van der Waals surface area contributed by atoms with Crippen molar-refractivity contribution in [3.63, 3.8) is 0 Å². The minimum absolute atomic E-state index is 0.176. The zero-order valence-corrected chi connectivity index (χ0v) is 18.3. The predicted molar refractivity (Wildman–Crippen MR) is 118 cm³/mol. The van der Waals surface area contributed by atoms with E-state index < -0.39 is 6.49 Å². The van der Waals surface area contributed by atoms with Crippen molar-refractivity contribution in [1.82, 2.24) is 0 Å². The van der Waals surface area contributed by atoms with E-state index in [-0.39, 0.29) is 6.10 Å². The molecule has 4 heteroatoms. The number of benzene rings is 2. The monoisotopic (exact) mass is 402 g/mol. The Balaban J connectivity index is 1.84. The highest BCUT2D eigenvalue weighted by Gasteiger charge is 2.36. The maximum Gasteiger partial charge on any atom is 0.220 e. The zero-order valence-electron chi connectivity index (χ0n) is 16.6. The lowest BCUT2D eigenvalue weighted by Gasteiger charge is -2.39. The van der Waals surface area contributed by atoms with E-state index in [0.29, 0.717) is 24.4 Å².